The standard InChI is InChI=1S/C14H22N2O4/c17-12(5-6-13(18)19)16-7-1-2-11(9-16)14(20)15-8-10-3-4-10/h10-11H,1-9H2,(H,15,20)(H,18,19). The fraction of sp³-hybridized carbons (Fsp3) is 0.786. The van der Waals surface area contributed by atoms with Gasteiger partial charge in [-0.1, -0.05) is 0 Å². The van der Waals surface area contributed by atoms with Crippen molar-refractivity contribution in [1.82, 2.24) is 10.2 Å². The SMILES string of the molecule is O=C(O)CCC(=O)N1CCCC(C(=O)NCC2CC2)C1. The van der Waals surface area contributed by atoms with Crippen molar-refractivity contribution in [3.63, 3.8) is 0 Å². The van der Waals surface area contributed by atoms with Gasteiger partial charge in [0.2, 0.25) is 11.8 Å². The van der Waals surface area contributed by atoms with Gasteiger partial charge in [-0.3, -0.25) is 14.4 Å². The lowest BCUT2D eigenvalue weighted by Gasteiger charge is -2.32. The summed E-state index contributed by atoms with van der Waals surface area (Å²) in [5.74, 6) is -0.582. The van der Waals surface area contributed by atoms with Gasteiger partial charge in [0.25, 0.3) is 0 Å². The Morgan fingerprint density at radius 3 is 2.55 bits per heavy atom. The maximum Gasteiger partial charge on any atom is 0.303 e. The Balaban J connectivity index is 1.76. The van der Waals surface area contributed by atoms with Crippen LogP contribution in [0.2, 0.25) is 0 Å². The minimum Gasteiger partial charge on any atom is -0.481 e. The molecule has 20 heavy (non-hydrogen) atoms. The summed E-state index contributed by atoms with van der Waals surface area (Å²) in [6.45, 7) is 1.81. The van der Waals surface area contributed by atoms with Crippen LogP contribution >= 0.6 is 0 Å². The number of hydrogen-bond acceptors (Lipinski definition) is 3. The average molecular weight is 282 g/mol. The van der Waals surface area contributed by atoms with E-state index in [1.165, 1.54) is 12.8 Å². The number of carbonyl (C=O) groups is 3. The second-order valence-electron chi connectivity index (χ2n) is 5.76. The molecule has 1 saturated heterocycles. The lowest BCUT2D eigenvalue weighted by Crippen LogP contribution is -2.45. The Bertz CT molecular complexity index is 393. The Morgan fingerprint density at radius 2 is 1.90 bits per heavy atom. The van der Waals surface area contributed by atoms with E-state index in [1.807, 2.05) is 0 Å². The molecule has 2 N–H and O–H groups in total. The predicted octanol–water partition coefficient (Wildman–Crippen LogP) is 0.616. The summed E-state index contributed by atoms with van der Waals surface area (Å²) in [5, 5.41) is 11.5. The molecule has 0 spiro atoms. The predicted molar refractivity (Wildman–Crippen MR) is 71.9 cm³/mol. The highest BCUT2D eigenvalue weighted by molar-refractivity contribution is 5.83. The van der Waals surface area contributed by atoms with Crippen molar-refractivity contribution < 1.29 is 19.5 Å². The highest BCUT2D eigenvalue weighted by Gasteiger charge is 2.29. The summed E-state index contributed by atoms with van der Waals surface area (Å²) in [5.41, 5.74) is 0. The lowest BCUT2D eigenvalue weighted by atomic mass is 9.96. The molecule has 2 amide bonds. The molecule has 1 heterocycles. The number of carboxylic acid groups (broad SMARTS) is 1. The number of likely N-dealkylation sites (tertiary alicyclic amines) is 1. The highest BCUT2D eigenvalue weighted by Crippen LogP contribution is 2.28. The van der Waals surface area contributed by atoms with Gasteiger partial charge in [0.1, 0.15) is 0 Å². The van der Waals surface area contributed by atoms with E-state index < -0.39 is 5.97 Å². The van der Waals surface area contributed by atoms with Gasteiger partial charge in [-0.25, -0.2) is 0 Å². The van der Waals surface area contributed by atoms with E-state index in [4.69, 9.17) is 5.11 Å². The summed E-state index contributed by atoms with van der Waals surface area (Å²) < 4.78 is 0. The van der Waals surface area contributed by atoms with Crippen molar-refractivity contribution in [1.29, 1.82) is 0 Å². The van der Waals surface area contributed by atoms with Crippen molar-refractivity contribution in [2.75, 3.05) is 19.6 Å². The van der Waals surface area contributed by atoms with Gasteiger partial charge in [-0.05, 0) is 31.6 Å². The Morgan fingerprint density at radius 1 is 1.15 bits per heavy atom. The number of carboxylic acids is 1. The summed E-state index contributed by atoms with van der Waals surface area (Å²) in [6.07, 6.45) is 3.88. The molecule has 1 aliphatic carbocycles. The third kappa shape index (κ3) is 4.51. The summed E-state index contributed by atoms with van der Waals surface area (Å²) in [7, 11) is 0. The number of carbonyl (C=O) groups excluding carboxylic acids is 2. The topological polar surface area (TPSA) is 86.7 Å². The van der Waals surface area contributed by atoms with Gasteiger partial charge in [0.05, 0.1) is 12.3 Å². The number of piperidine rings is 1. The Labute approximate surface area is 118 Å². The van der Waals surface area contributed by atoms with Crippen LogP contribution in [0.15, 0.2) is 0 Å². The minimum atomic E-state index is -0.964. The molecule has 1 aliphatic heterocycles. The quantitative estimate of drug-likeness (QED) is 0.747. The average Bonchev–Trinajstić information content (AvgIpc) is 3.26. The fourth-order valence-corrected chi connectivity index (χ4v) is 2.50. The van der Waals surface area contributed by atoms with E-state index in [0.29, 0.717) is 19.0 Å². The fourth-order valence-electron chi connectivity index (χ4n) is 2.50. The van der Waals surface area contributed by atoms with Crippen LogP contribution in [-0.4, -0.2) is 47.4 Å². The van der Waals surface area contributed by atoms with Crippen LogP contribution in [0, 0.1) is 11.8 Å². The van der Waals surface area contributed by atoms with E-state index in [1.54, 1.807) is 4.90 Å². The maximum absolute atomic E-state index is 12.0. The van der Waals surface area contributed by atoms with Gasteiger partial charge < -0.3 is 15.3 Å². The molecule has 2 aliphatic rings. The molecule has 1 unspecified atom stereocenters. The number of nitrogens with one attached hydrogen (secondary N) is 1. The second kappa shape index (κ2) is 6.72. The van der Waals surface area contributed by atoms with E-state index in [-0.39, 0.29) is 30.6 Å². The summed E-state index contributed by atoms with van der Waals surface area (Å²) in [6, 6.07) is 0. The first-order valence-electron chi connectivity index (χ1n) is 7.33. The van der Waals surface area contributed by atoms with E-state index in [0.717, 1.165) is 19.4 Å². The van der Waals surface area contributed by atoms with Gasteiger partial charge >= 0.3 is 5.97 Å². The molecule has 6 nitrogen and oxygen atoms in total. The first-order chi connectivity index (χ1) is 9.56. The van der Waals surface area contributed by atoms with Crippen LogP contribution < -0.4 is 5.32 Å². The van der Waals surface area contributed by atoms with Crippen molar-refractivity contribution >= 4 is 17.8 Å². The van der Waals surface area contributed by atoms with Crippen LogP contribution in [0.1, 0.15) is 38.5 Å². The number of nitrogens with zero attached hydrogens (tertiary/aromatic N) is 1. The molecule has 112 valence electrons. The number of hydrogen-bond donors (Lipinski definition) is 2. The van der Waals surface area contributed by atoms with Crippen LogP contribution in [0.5, 0.6) is 0 Å². The molecule has 1 atom stereocenters. The van der Waals surface area contributed by atoms with E-state index in [9.17, 15) is 14.4 Å². The largest absolute Gasteiger partial charge is 0.481 e. The molecule has 0 aromatic heterocycles. The zero-order chi connectivity index (χ0) is 14.5. The molecule has 0 bridgehead atoms. The molecular weight excluding hydrogens is 260 g/mol. The molecule has 6 heteroatoms. The third-order valence-electron chi connectivity index (χ3n) is 3.96. The molecule has 2 rings (SSSR count). The van der Waals surface area contributed by atoms with Crippen molar-refractivity contribution in [2.45, 2.75) is 38.5 Å². The molecule has 2 fully saturated rings. The first-order valence-corrected chi connectivity index (χ1v) is 7.33. The molecule has 0 aromatic carbocycles. The Hall–Kier alpha value is -1.59. The lowest BCUT2D eigenvalue weighted by molar-refractivity contribution is -0.142. The van der Waals surface area contributed by atoms with Crippen LogP contribution in [0.3, 0.4) is 0 Å². The molecule has 1 saturated carbocycles. The smallest absolute Gasteiger partial charge is 0.303 e. The summed E-state index contributed by atoms with van der Waals surface area (Å²) in [4.78, 5) is 36.0. The van der Waals surface area contributed by atoms with Crippen molar-refractivity contribution in [2.24, 2.45) is 11.8 Å². The first kappa shape index (κ1) is 14.8. The van der Waals surface area contributed by atoms with Gasteiger partial charge in [0, 0.05) is 26.1 Å². The number of aliphatic carboxylic acids is 1. The number of rotatable bonds is 6. The van der Waals surface area contributed by atoms with E-state index in [2.05, 4.69) is 5.32 Å². The Kier molecular flexibility index (Phi) is 4.98. The van der Waals surface area contributed by atoms with Crippen molar-refractivity contribution in [3.05, 3.63) is 0 Å². The maximum atomic E-state index is 12.0. The monoisotopic (exact) mass is 282 g/mol. The van der Waals surface area contributed by atoms with Gasteiger partial charge in [-0.15, -0.1) is 0 Å². The van der Waals surface area contributed by atoms with Gasteiger partial charge in [-0.2, -0.15) is 0 Å². The number of amides is 2. The normalized spacial score (nSPS) is 22.4. The third-order valence-corrected chi connectivity index (χ3v) is 3.96. The molecular formula is C14H22N2O4. The summed E-state index contributed by atoms with van der Waals surface area (Å²) >= 11 is 0. The van der Waals surface area contributed by atoms with Crippen LogP contribution in [0.25, 0.3) is 0 Å². The zero-order valence-corrected chi connectivity index (χ0v) is 11.6. The second-order valence-corrected chi connectivity index (χ2v) is 5.76. The van der Waals surface area contributed by atoms with Crippen LogP contribution in [0.4, 0.5) is 0 Å². The highest BCUT2D eigenvalue weighted by atomic mass is 16.4. The minimum absolute atomic E-state index is 0.0196. The van der Waals surface area contributed by atoms with Crippen molar-refractivity contribution in [3.8, 4) is 0 Å². The zero-order valence-electron chi connectivity index (χ0n) is 11.6. The molecule has 0 aromatic rings. The molecule has 0 radical (unpaired) electrons. The van der Waals surface area contributed by atoms with Crippen LogP contribution in [-0.2, 0) is 14.4 Å². The van der Waals surface area contributed by atoms with E-state index >= 15 is 0 Å². The van der Waals surface area contributed by atoms with Gasteiger partial charge in [0.15, 0.2) is 0 Å².